The molecule has 0 saturated heterocycles. The molecule has 0 saturated carbocycles. The average Bonchev–Trinajstić information content (AvgIpc) is 2.03. The predicted octanol–water partition coefficient (Wildman–Crippen LogP) is 2.06. The van der Waals surface area contributed by atoms with Crippen molar-refractivity contribution in [2.24, 2.45) is 5.73 Å². The van der Waals surface area contributed by atoms with Crippen LogP contribution in [0, 0.1) is 10.1 Å². The molecule has 0 aliphatic rings. The van der Waals surface area contributed by atoms with Gasteiger partial charge < -0.3 is 5.73 Å². The normalized spacial score (nSPS) is 11.7. The fourth-order valence-electron chi connectivity index (χ4n) is 0.313. The Kier molecular flexibility index (Phi) is 8.62. The molecule has 0 aliphatic heterocycles. The Bertz CT molecular complexity index is 191. The maximum absolute atomic E-state index is 9.98. The Labute approximate surface area is 72.9 Å². The van der Waals surface area contributed by atoms with Crippen LogP contribution in [0.15, 0.2) is 23.5 Å². The predicted molar refractivity (Wildman–Crippen MR) is 50.0 cm³/mol. The van der Waals surface area contributed by atoms with Gasteiger partial charge in [0.25, 0.3) is 0 Å². The summed E-state index contributed by atoms with van der Waals surface area (Å²) in [7, 11) is 0. The second kappa shape index (κ2) is 7.78. The lowest BCUT2D eigenvalue weighted by Gasteiger charge is -1.86. The van der Waals surface area contributed by atoms with E-state index < -0.39 is 4.92 Å². The zero-order chi connectivity index (χ0) is 10.1. The number of hydrogen-bond acceptors (Lipinski definition) is 3. The molecular weight excluding hydrogens is 156 g/mol. The van der Waals surface area contributed by atoms with Gasteiger partial charge >= 0.3 is 0 Å². The van der Waals surface area contributed by atoms with Gasteiger partial charge in [0.2, 0.25) is 5.70 Å². The molecule has 2 N–H and O–H groups in total. The van der Waals surface area contributed by atoms with E-state index in [2.05, 4.69) is 0 Å². The Morgan fingerprint density at radius 2 is 1.75 bits per heavy atom. The van der Waals surface area contributed by atoms with Crippen LogP contribution in [0.2, 0.25) is 0 Å². The van der Waals surface area contributed by atoms with Crippen LogP contribution in [0.3, 0.4) is 0 Å². The van der Waals surface area contributed by atoms with Crippen molar-refractivity contribution >= 4 is 0 Å². The molecule has 4 nitrogen and oxygen atoms in total. The van der Waals surface area contributed by atoms with Gasteiger partial charge in [0.05, 0.1) is 4.92 Å². The molecule has 0 unspecified atom stereocenters. The van der Waals surface area contributed by atoms with E-state index >= 15 is 0 Å². The summed E-state index contributed by atoms with van der Waals surface area (Å²) >= 11 is 0. The van der Waals surface area contributed by atoms with Crippen molar-refractivity contribution in [2.45, 2.75) is 27.7 Å². The van der Waals surface area contributed by atoms with E-state index in [0.29, 0.717) is 5.70 Å². The van der Waals surface area contributed by atoms with Gasteiger partial charge in [0.1, 0.15) is 0 Å². The summed E-state index contributed by atoms with van der Waals surface area (Å²) in [5, 5.41) is 9.98. The van der Waals surface area contributed by atoms with Crippen LogP contribution in [-0.4, -0.2) is 4.92 Å². The van der Waals surface area contributed by atoms with Crippen LogP contribution in [0.1, 0.15) is 27.7 Å². The maximum Gasteiger partial charge on any atom is 0.243 e. The van der Waals surface area contributed by atoms with E-state index in [9.17, 15) is 10.1 Å². The van der Waals surface area contributed by atoms with Gasteiger partial charge in [0.15, 0.2) is 0 Å². The molecular formula is C8H16N2O2. The third-order valence-electron chi connectivity index (χ3n) is 0.875. The summed E-state index contributed by atoms with van der Waals surface area (Å²) in [5.41, 5.74) is 5.88. The lowest BCUT2D eigenvalue weighted by atomic mass is 10.4. The Hall–Kier alpha value is -1.32. The van der Waals surface area contributed by atoms with Crippen molar-refractivity contribution in [3.8, 4) is 0 Å². The highest BCUT2D eigenvalue weighted by molar-refractivity contribution is 5.09. The standard InChI is InChI=1S/C6H10N2O2.C2H6/c1-5(7)3-4-6(2)8(9)10;1-2/h3-4H,7H2,1-2H3;1-2H3/b5-3-,6-4+;. The van der Waals surface area contributed by atoms with Crippen LogP contribution in [0.5, 0.6) is 0 Å². The van der Waals surface area contributed by atoms with E-state index in [-0.39, 0.29) is 5.70 Å². The van der Waals surface area contributed by atoms with Crippen LogP contribution in [-0.2, 0) is 0 Å². The Balaban J connectivity index is 0. The fraction of sp³-hybridized carbons (Fsp3) is 0.500. The zero-order valence-corrected chi connectivity index (χ0v) is 8.00. The highest BCUT2D eigenvalue weighted by Crippen LogP contribution is 1.93. The Morgan fingerprint density at radius 1 is 1.33 bits per heavy atom. The smallest absolute Gasteiger partial charge is 0.243 e. The summed E-state index contributed by atoms with van der Waals surface area (Å²) in [6.45, 7) is 7.09. The van der Waals surface area contributed by atoms with Crippen LogP contribution >= 0.6 is 0 Å². The van der Waals surface area contributed by atoms with Crippen molar-refractivity contribution in [3.05, 3.63) is 33.7 Å². The van der Waals surface area contributed by atoms with Gasteiger partial charge in [-0.1, -0.05) is 13.8 Å². The van der Waals surface area contributed by atoms with Gasteiger partial charge in [-0.05, 0) is 13.0 Å². The minimum absolute atomic E-state index is 0.0878. The molecule has 0 bridgehead atoms. The first-order valence-electron chi connectivity index (χ1n) is 3.79. The third-order valence-corrected chi connectivity index (χ3v) is 0.875. The van der Waals surface area contributed by atoms with Gasteiger partial charge in [-0.15, -0.1) is 0 Å². The molecule has 0 aromatic rings. The molecule has 0 fully saturated rings. The lowest BCUT2D eigenvalue weighted by molar-refractivity contribution is -0.424. The molecule has 4 heteroatoms. The lowest BCUT2D eigenvalue weighted by Crippen LogP contribution is -1.94. The van der Waals surface area contributed by atoms with Crippen LogP contribution in [0.25, 0.3) is 0 Å². The fourth-order valence-corrected chi connectivity index (χ4v) is 0.313. The number of rotatable bonds is 2. The topological polar surface area (TPSA) is 69.2 Å². The molecule has 12 heavy (non-hydrogen) atoms. The summed E-state index contributed by atoms with van der Waals surface area (Å²) in [6, 6.07) is 0. The first-order chi connectivity index (χ1) is 5.54. The van der Waals surface area contributed by atoms with Crippen molar-refractivity contribution in [3.63, 3.8) is 0 Å². The number of nitro groups is 1. The number of allylic oxidation sites excluding steroid dienone is 4. The summed E-state index contributed by atoms with van der Waals surface area (Å²) in [5.74, 6) is 0. The molecule has 0 atom stereocenters. The first kappa shape index (κ1) is 13.3. The number of nitrogens with zero attached hydrogens (tertiary/aromatic N) is 1. The molecule has 0 amide bonds. The van der Waals surface area contributed by atoms with Crippen molar-refractivity contribution in [2.75, 3.05) is 0 Å². The van der Waals surface area contributed by atoms with E-state index in [4.69, 9.17) is 5.73 Å². The van der Waals surface area contributed by atoms with Crippen molar-refractivity contribution < 1.29 is 4.92 Å². The minimum Gasteiger partial charge on any atom is -0.402 e. The van der Waals surface area contributed by atoms with Crippen molar-refractivity contribution in [1.82, 2.24) is 0 Å². The van der Waals surface area contributed by atoms with Crippen LogP contribution < -0.4 is 5.73 Å². The summed E-state index contributed by atoms with van der Waals surface area (Å²) < 4.78 is 0. The molecule has 70 valence electrons. The highest BCUT2D eigenvalue weighted by Gasteiger charge is 1.97. The Morgan fingerprint density at radius 3 is 2.00 bits per heavy atom. The maximum atomic E-state index is 9.98. The third kappa shape index (κ3) is 8.68. The molecule has 0 spiro atoms. The quantitative estimate of drug-likeness (QED) is 0.393. The molecule has 0 aromatic heterocycles. The van der Waals surface area contributed by atoms with E-state index in [0.717, 1.165) is 0 Å². The minimum atomic E-state index is -0.459. The summed E-state index contributed by atoms with van der Waals surface area (Å²) in [6.07, 6.45) is 2.87. The van der Waals surface area contributed by atoms with E-state index in [1.165, 1.54) is 19.1 Å². The molecule has 0 rings (SSSR count). The second-order valence-electron chi connectivity index (χ2n) is 1.98. The second-order valence-corrected chi connectivity index (χ2v) is 1.98. The monoisotopic (exact) mass is 172 g/mol. The van der Waals surface area contributed by atoms with Gasteiger partial charge in [0, 0.05) is 18.7 Å². The molecule has 0 aliphatic carbocycles. The number of nitrogens with two attached hydrogens (primary N) is 1. The zero-order valence-electron chi connectivity index (χ0n) is 8.00. The first-order valence-corrected chi connectivity index (χ1v) is 3.79. The molecule has 0 radical (unpaired) electrons. The average molecular weight is 172 g/mol. The number of hydrogen-bond donors (Lipinski definition) is 1. The van der Waals surface area contributed by atoms with Crippen LogP contribution in [0.4, 0.5) is 0 Å². The van der Waals surface area contributed by atoms with Gasteiger partial charge in [-0.2, -0.15) is 0 Å². The van der Waals surface area contributed by atoms with E-state index in [1.54, 1.807) is 6.92 Å². The van der Waals surface area contributed by atoms with Gasteiger partial charge in [-0.25, -0.2) is 0 Å². The molecule has 0 aromatic carbocycles. The summed E-state index contributed by atoms with van der Waals surface area (Å²) in [4.78, 5) is 9.52. The molecule has 0 heterocycles. The SMILES string of the molecule is C/C(N)=C/C=C(\C)[N+](=O)[O-].CC. The van der Waals surface area contributed by atoms with E-state index in [1.807, 2.05) is 13.8 Å². The largest absolute Gasteiger partial charge is 0.402 e. The van der Waals surface area contributed by atoms with Crippen molar-refractivity contribution in [1.29, 1.82) is 0 Å². The van der Waals surface area contributed by atoms with Gasteiger partial charge in [-0.3, -0.25) is 10.1 Å². The highest BCUT2D eigenvalue weighted by atomic mass is 16.6.